The van der Waals surface area contributed by atoms with Crippen LogP contribution in [-0.2, 0) is 11.2 Å². The van der Waals surface area contributed by atoms with Gasteiger partial charge in [-0.15, -0.1) is 0 Å². The second-order valence-corrected chi connectivity index (χ2v) is 8.12. The third-order valence-electron chi connectivity index (χ3n) is 5.67. The van der Waals surface area contributed by atoms with E-state index in [-0.39, 0.29) is 5.91 Å². The van der Waals surface area contributed by atoms with Gasteiger partial charge in [0, 0.05) is 25.1 Å². The first-order valence-electron chi connectivity index (χ1n) is 10.7. The highest BCUT2D eigenvalue weighted by Crippen LogP contribution is 2.32. The van der Waals surface area contributed by atoms with Gasteiger partial charge >= 0.3 is 0 Å². The largest absolute Gasteiger partial charge is 0.439 e. The van der Waals surface area contributed by atoms with Crippen LogP contribution in [0.2, 0.25) is 0 Å². The predicted molar refractivity (Wildman–Crippen MR) is 118 cm³/mol. The molecule has 0 unspecified atom stereocenters. The Morgan fingerprint density at radius 2 is 1.73 bits per heavy atom. The summed E-state index contributed by atoms with van der Waals surface area (Å²) in [5, 5.41) is 4.78. The van der Waals surface area contributed by atoms with Crippen molar-refractivity contribution in [2.75, 3.05) is 13.1 Å². The lowest BCUT2D eigenvalue weighted by Gasteiger charge is -2.15. The molecule has 0 aliphatic carbocycles. The number of likely N-dealkylation sites (tertiary alicyclic amines) is 1. The molecule has 4 rings (SSSR count). The van der Waals surface area contributed by atoms with Gasteiger partial charge in [0.2, 0.25) is 11.8 Å². The zero-order valence-electron chi connectivity index (χ0n) is 18.0. The SMILES string of the molecule is Cc1ccc(Oc2c(CCC(=O)N3CCCC3)c(C)nn2-c2cccc(C)c2)cc1. The molecule has 1 aromatic heterocycles. The van der Waals surface area contributed by atoms with Crippen LogP contribution in [0, 0.1) is 20.8 Å². The van der Waals surface area contributed by atoms with E-state index in [9.17, 15) is 4.79 Å². The van der Waals surface area contributed by atoms with Crippen molar-refractivity contribution in [1.82, 2.24) is 14.7 Å². The lowest BCUT2D eigenvalue weighted by Crippen LogP contribution is -2.27. The Kier molecular flexibility index (Phi) is 5.88. The number of hydrogen-bond donors (Lipinski definition) is 0. The molecule has 2 aromatic carbocycles. The second-order valence-electron chi connectivity index (χ2n) is 8.12. The molecule has 0 bridgehead atoms. The molecule has 1 saturated heterocycles. The fourth-order valence-electron chi connectivity index (χ4n) is 3.94. The minimum Gasteiger partial charge on any atom is -0.439 e. The molecule has 1 amide bonds. The van der Waals surface area contributed by atoms with Crippen LogP contribution < -0.4 is 4.74 Å². The number of benzene rings is 2. The molecule has 0 saturated carbocycles. The van der Waals surface area contributed by atoms with Crippen molar-refractivity contribution in [2.45, 2.75) is 46.5 Å². The van der Waals surface area contributed by atoms with Gasteiger partial charge < -0.3 is 9.64 Å². The minimum atomic E-state index is 0.219. The Balaban J connectivity index is 1.67. The van der Waals surface area contributed by atoms with Crippen LogP contribution in [-0.4, -0.2) is 33.7 Å². The molecule has 0 spiro atoms. The van der Waals surface area contributed by atoms with Gasteiger partial charge in [-0.25, -0.2) is 4.68 Å². The Morgan fingerprint density at radius 1 is 1.00 bits per heavy atom. The van der Waals surface area contributed by atoms with Gasteiger partial charge in [0.25, 0.3) is 0 Å². The van der Waals surface area contributed by atoms with Crippen molar-refractivity contribution in [3.05, 3.63) is 70.9 Å². The summed E-state index contributed by atoms with van der Waals surface area (Å²) in [5.41, 5.74) is 5.18. The van der Waals surface area contributed by atoms with Crippen LogP contribution >= 0.6 is 0 Å². The maximum absolute atomic E-state index is 12.6. The summed E-state index contributed by atoms with van der Waals surface area (Å²) in [7, 11) is 0. The molecule has 1 fully saturated rings. The van der Waals surface area contributed by atoms with Crippen LogP contribution in [0.5, 0.6) is 11.6 Å². The third kappa shape index (κ3) is 4.40. The van der Waals surface area contributed by atoms with Gasteiger partial charge in [-0.2, -0.15) is 5.10 Å². The Morgan fingerprint density at radius 3 is 2.43 bits per heavy atom. The topological polar surface area (TPSA) is 47.4 Å². The van der Waals surface area contributed by atoms with Crippen LogP contribution in [0.3, 0.4) is 0 Å². The number of aryl methyl sites for hydroxylation is 3. The van der Waals surface area contributed by atoms with Crippen molar-refractivity contribution < 1.29 is 9.53 Å². The van der Waals surface area contributed by atoms with Crippen LogP contribution in [0.4, 0.5) is 0 Å². The molecule has 1 aliphatic rings. The monoisotopic (exact) mass is 403 g/mol. The van der Waals surface area contributed by atoms with Gasteiger partial charge in [-0.1, -0.05) is 29.8 Å². The number of rotatable bonds is 6. The summed E-state index contributed by atoms with van der Waals surface area (Å²) in [6.45, 7) is 7.88. The Labute approximate surface area is 178 Å². The highest BCUT2D eigenvalue weighted by atomic mass is 16.5. The van der Waals surface area contributed by atoms with Crippen LogP contribution in [0.25, 0.3) is 5.69 Å². The average Bonchev–Trinajstić information content (AvgIpc) is 3.37. The maximum Gasteiger partial charge on any atom is 0.226 e. The fourth-order valence-corrected chi connectivity index (χ4v) is 3.94. The Bertz CT molecular complexity index is 1030. The molecule has 5 nitrogen and oxygen atoms in total. The first-order chi connectivity index (χ1) is 14.5. The molecule has 30 heavy (non-hydrogen) atoms. The number of carbonyl (C=O) groups excluding carboxylic acids is 1. The molecule has 5 heteroatoms. The van der Waals surface area contributed by atoms with E-state index >= 15 is 0 Å². The van der Waals surface area contributed by atoms with E-state index in [1.54, 1.807) is 0 Å². The van der Waals surface area contributed by atoms with Gasteiger partial charge in [0.05, 0.1) is 11.4 Å². The normalized spacial score (nSPS) is 13.6. The summed E-state index contributed by atoms with van der Waals surface area (Å²) < 4.78 is 8.20. The smallest absolute Gasteiger partial charge is 0.226 e. The van der Waals surface area contributed by atoms with E-state index in [4.69, 9.17) is 9.84 Å². The van der Waals surface area contributed by atoms with Crippen LogP contribution in [0.1, 0.15) is 41.6 Å². The number of nitrogens with zero attached hydrogens (tertiary/aromatic N) is 3. The molecular formula is C25H29N3O2. The summed E-state index contributed by atoms with van der Waals surface area (Å²) in [4.78, 5) is 14.6. The van der Waals surface area contributed by atoms with E-state index < -0.39 is 0 Å². The second kappa shape index (κ2) is 8.74. The molecular weight excluding hydrogens is 374 g/mol. The van der Waals surface area contributed by atoms with Crippen molar-refractivity contribution in [3.63, 3.8) is 0 Å². The fraction of sp³-hybridized carbons (Fsp3) is 0.360. The molecule has 3 aromatic rings. The lowest BCUT2D eigenvalue weighted by atomic mass is 10.1. The summed E-state index contributed by atoms with van der Waals surface area (Å²) in [6.07, 6.45) is 3.31. The number of carbonyl (C=O) groups is 1. The van der Waals surface area contributed by atoms with Crippen molar-refractivity contribution >= 4 is 5.91 Å². The van der Waals surface area contributed by atoms with Gasteiger partial charge in [0.1, 0.15) is 5.75 Å². The molecule has 0 N–H and O–H groups in total. The zero-order valence-corrected chi connectivity index (χ0v) is 18.0. The molecule has 2 heterocycles. The summed E-state index contributed by atoms with van der Waals surface area (Å²) in [6, 6.07) is 16.2. The van der Waals surface area contributed by atoms with Gasteiger partial charge in [-0.05, 0) is 69.9 Å². The molecule has 0 radical (unpaired) electrons. The quantitative estimate of drug-likeness (QED) is 0.572. The Hall–Kier alpha value is -3.08. The van der Waals surface area contributed by atoms with Gasteiger partial charge in [0.15, 0.2) is 0 Å². The standard InChI is InChI=1S/C25H29N3O2/c1-18-9-11-22(12-10-18)30-25-23(13-14-24(29)27-15-4-5-16-27)20(3)26-28(25)21-8-6-7-19(2)17-21/h6-12,17H,4-5,13-16H2,1-3H3. The van der Waals surface area contributed by atoms with E-state index in [1.807, 2.05) is 52.9 Å². The van der Waals surface area contributed by atoms with E-state index in [0.717, 1.165) is 54.2 Å². The molecule has 0 atom stereocenters. The van der Waals surface area contributed by atoms with E-state index in [2.05, 4.69) is 26.0 Å². The summed E-state index contributed by atoms with van der Waals surface area (Å²) in [5.74, 6) is 1.68. The highest BCUT2D eigenvalue weighted by molar-refractivity contribution is 5.76. The van der Waals surface area contributed by atoms with E-state index in [1.165, 1.54) is 5.56 Å². The third-order valence-corrected chi connectivity index (χ3v) is 5.67. The zero-order chi connectivity index (χ0) is 21.1. The van der Waals surface area contributed by atoms with Gasteiger partial charge in [-0.3, -0.25) is 4.79 Å². The predicted octanol–water partition coefficient (Wildman–Crippen LogP) is 5.14. The first kappa shape index (κ1) is 20.2. The first-order valence-corrected chi connectivity index (χ1v) is 10.7. The van der Waals surface area contributed by atoms with Crippen molar-refractivity contribution in [3.8, 4) is 17.3 Å². The average molecular weight is 404 g/mol. The molecule has 1 aliphatic heterocycles. The maximum atomic E-state index is 12.6. The van der Waals surface area contributed by atoms with Crippen molar-refractivity contribution in [2.24, 2.45) is 0 Å². The number of aromatic nitrogens is 2. The minimum absolute atomic E-state index is 0.219. The van der Waals surface area contributed by atoms with Crippen molar-refractivity contribution in [1.29, 1.82) is 0 Å². The summed E-state index contributed by atoms with van der Waals surface area (Å²) >= 11 is 0. The number of amides is 1. The number of ether oxygens (including phenoxy) is 1. The van der Waals surface area contributed by atoms with E-state index in [0.29, 0.717) is 18.7 Å². The van der Waals surface area contributed by atoms with Crippen LogP contribution in [0.15, 0.2) is 48.5 Å². The molecule has 156 valence electrons. The highest BCUT2D eigenvalue weighted by Gasteiger charge is 2.22. The lowest BCUT2D eigenvalue weighted by molar-refractivity contribution is -0.130. The number of hydrogen-bond acceptors (Lipinski definition) is 3.